The van der Waals surface area contributed by atoms with Gasteiger partial charge in [0, 0.05) is 25.1 Å². The zero-order chi connectivity index (χ0) is 14.8. The molecule has 0 heterocycles. The van der Waals surface area contributed by atoms with E-state index in [4.69, 9.17) is 0 Å². The van der Waals surface area contributed by atoms with Gasteiger partial charge in [0.1, 0.15) is 0 Å². The van der Waals surface area contributed by atoms with Crippen LogP contribution < -0.4 is 5.32 Å². The summed E-state index contributed by atoms with van der Waals surface area (Å²) in [5, 5.41) is 12.8. The molecule has 0 saturated carbocycles. The average molecular weight is 278 g/mol. The number of benzene rings is 1. The van der Waals surface area contributed by atoms with Gasteiger partial charge in [-0.2, -0.15) is 0 Å². The van der Waals surface area contributed by atoms with E-state index in [1.807, 2.05) is 0 Å². The molecule has 3 nitrogen and oxygen atoms in total. The van der Waals surface area contributed by atoms with Gasteiger partial charge in [-0.05, 0) is 38.5 Å². The third-order valence-electron chi connectivity index (χ3n) is 3.98. The summed E-state index contributed by atoms with van der Waals surface area (Å²) >= 11 is 0. The van der Waals surface area contributed by atoms with Gasteiger partial charge in [0.25, 0.3) is 0 Å². The molecule has 1 atom stereocenters. The molecule has 1 aromatic carbocycles. The molecule has 0 bridgehead atoms. The summed E-state index contributed by atoms with van der Waals surface area (Å²) in [5.41, 5.74) is 1.39. The molecule has 0 spiro atoms. The first-order chi connectivity index (χ1) is 9.59. The SMILES string of the molecule is CCC(C)(CO)CNCCCN(C)Cc1ccccc1. The first-order valence-corrected chi connectivity index (χ1v) is 7.64. The van der Waals surface area contributed by atoms with Crippen LogP contribution in [0.3, 0.4) is 0 Å². The van der Waals surface area contributed by atoms with E-state index in [0.29, 0.717) is 0 Å². The molecular weight excluding hydrogens is 248 g/mol. The van der Waals surface area contributed by atoms with Crippen molar-refractivity contribution in [1.29, 1.82) is 0 Å². The Bertz CT molecular complexity index is 349. The molecule has 0 saturated heterocycles. The van der Waals surface area contributed by atoms with Crippen LogP contribution in [0.25, 0.3) is 0 Å². The van der Waals surface area contributed by atoms with Gasteiger partial charge in [-0.3, -0.25) is 0 Å². The van der Waals surface area contributed by atoms with Crippen molar-refractivity contribution >= 4 is 0 Å². The number of nitrogens with zero attached hydrogens (tertiary/aromatic N) is 1. The second-order valence-corrected chi connectivity index (χ2v) is 6.08. The van der Waals surface area contributed by atoms with E-state index >= 15 is 0 Å². The largest absolute Gasteiger partial charge is 0.396 e. The van der Waals surface area contributed by atoms with Gasteiger partial charge < -0.3 is 15.3 Å². The normalized spacial score (nSPS) is 14.4. The summed E-state index contributed by atoms with van der Waals surface area (Å²) in [6, 6.07) is 10.6. The van der Waals surface area contributed by atoms with Crippen molar-refractivity contribution in [3.05, 3.63) is 35.9 Å². The third-order valence-corrected chi connectivity index (χ3v) is 3.98. The van der Waals surface area contributed by atoms with E-state index < -0.39 is 0 Å². The van der Waals surface area contributed by atoms with Crippen molar-refractivity contribution < 1.29 is 5.11 Å². The minimum Gasteiger partial charge on any atom is -0.396 e. The molecule has 0 amide bonds. The van der Waals surface area contributed by atoms with Crippen molar-refractivity contribution in [3.63, 3.8) is 0 Å². The lowest BCUT2D eigenvalue weighted by Crippen LogP contribution is -2.35. The number of aliphatic hydroxyl groups excluding tert-OH is 1. The fourth-order valence-electron chi connectivity index (χ4n) is 2.13. The van der Waals surface area contributed by atoms with Crippen molar-refractivity contribution in [3.8, 4) is 0 Å². The predicted octanol–water partition coefficient (Wildman–Crippen LogP) is 2.51. The number of rotatable bonds is 10. The van der Waals surface area contributed by atoms with Crippen LogP contribution >= 0.6 is 0 Å². The molecule has 20 heavy (non-hydrogen) atoms. The highest BCUT2D eigenvalue weighted by molar-refractivity contribution is 5.14. The maximum Gasteiger partial charge on any atom is 0.0496 e. The lowest BCUT2D eigenvalue weighted by Gasteiger charge is -2.26. The van der Waals surface area contributed by atoms with E-state index in [0.717, 1.165) is 39.0 Å². The lowest BCUT2D eigenvalue weighted by atomic mass is 9.89. The van der Waals surface area contributed by atoms with Crippen LogP contribution in [-0.4, -0.2) is 43.3 Å². The fraction of sp³-hybridized carbons (Fsp3) is 0.647. The maximum atomic E-state index is 9.35. The molecule has 3 heteroatoms. The molecule has 114 valence electrons. The lowest BCUT2D eigenvalue weighted by molar-refractivity contribution is 0.135. The highest BCUT2D eigenvalue weighted by Gasteiger charge is 2.19. The van der Waals surface area contributed by atoms with Crippen molar-refractivity contribution in [2.75, 3.05) is 33.3 Å². The first kappa shape index (κ1) is 17.2. The van der Waals surface area contributed by atoms with Crippen molar-refractivity contribution in [2.45, 2.75) is 33.2 Å². The summed E-state index contributed by atoms with van der Waals surface area (Å²) in [7, 11) is 2.16. The zero-order valence-corrected chi connectivity index (χ0v) is 13.2. The van der Waals surface area contributed by atoms with Gasteiger partial charge in [-0.25, -0.2) is 0 Å². The molecule has 1 unspecified atom stereocenters. The highest BCUT2D eigenvalue weighted by Crippen LogP contribution is 2.18. The van der Waals surface area contributed by atoms with E-state index in [-0.39, 0.29) is 12.0 Å². The number of aliphatic hydroxyl groups is 1. The van der Waals surface area contributed by atoms with Gasteiger partial charge in [-0.15, -0.1) is 0 Å². The highest BCUT2D eigenvalue weighted by atomic mass is 16.3. The quantitative estimate of drug-likeness (QED) is 0.646. The van der Waals surface area contributed by atoms with Gasteiger partial charge in [-0.1, -0.05) is 44.2 Å². The fourth-order valence-corrected chi connectivity index (χ4v) is 2.13. The van der Waals surface area contributed by atoms with Crippen LogP contribution in [0.1, 0.15) is 32.3 Å². The van der Waals surface area contributed by atoms with E-state index in [9.17, 15) is 5.11 Å². The van der Waals surface area contributed by atoms with Gasteiger partial charge in [0.2, 0.25) is 0 Å². The number of hydrogen-bond donors (Lipinski definition) is 2. The third kappa shape index (κ3) is 6.51. The van der Waals surface area contributed by atoms with Crippen LogP contribution in [0.2, 0.25) is 0 Å². The Morgan fingerprint density at radius 3 is 2.55 bits per heavy atom. The van der Waals surface area contributed by atoms with Gasteiger partial charge in [0.05, 0.1) is 0 Å². The molecule has 0 aliphatic carbocycles. The standard InChI is InChI=1S/C17H30N2O/c1-4-17(2,15-20)14-18-11-8-12-19(3)13-16-9-6-5-7-10-16/h5-7,9-10,18,20H,4,8,11-15H2,1-3H3. The van der Waals surface area contributed by atoms with E-state index in [1.54, 1.807) is 0 Å². The topological polar surface area (TPSA) is 35.5 Å². The Balaban J connectivity index is 2.12. The Kier molecular flexibility index (Phi) is 7.82. The van der Waals surface area contributed by atoms with Crippen LogP contribution in [0.5, 0.6) is 0 Å². The molecule has 0 aromatic heterocycles. The zero-order valence-electron chi connectivity index (χ0n) is 13.2. The molecule has 0 aliphatic rings. The molecule has 2 N–H and O–H groups in total. The van der Waals surface area contributed by atoms with Crippen LogP contribution in [0.15, 0.2) is 30.3 Å². The monoisotopic (exact) mass is 278 g/mol. The van der Waals surface area contributed by atoms with Crippen LogP contribution in [0, 0.1) is 5.41 Å². The molecular formula is C17H30N2O. The Morgan fingerprint density at radius 1 is 1.25 bits per heavy atom. The minimum absolute atomic E-state index is 0.0238. The number of nitrogens with one attached hydrogen (secondary N) is 1. The smallest absolute Gasteiger partial charge is 0.0496 e. The maximum absolute atomic E-state index is 9.35. The minimum atomic E-state index is 0.0238. The molecule has 0 radical (unpaired) electrons. The van der Waals surface area contributed by atoms with Crippen LogP contribution in [-0.2, 0) is 6.54 Å². The Hall–Kier alpha value is -0.900. The number of hydrogen-bond acceptors (Lipinski definition) is 3. The van der Waals surface area contributed by atoms with Gasteiger partial charge >= 0.3 is 0 Å². The summed E-state index contributed by atoms with van der Waals surface area (Å²) in [6.07, 6.45) is 2.14. The van der Waals surface area contributed by atoms with Crippen molar-refractivity contribution in [1.82, 2.24) is 10.2 Å². The van der Waals surface area contributed by atoms with Crippen molar-refractivity contribution in [2.24, 2.45) is 5.41 Å². The van der Waals surface area contributed by atoms with E-state index in [2.05, 4.69) is 61.4 Å². The second-order valence-electron chi connectivity index (χ2n) is 6.08. The Labute approximate surface area is 124 Å². The van der Waals surface area contributed by atoms with Gasteiger partial charge in [0.15, 0.2) is 0 Å². The van der Waals surface area contributed by atoms with E-state index in [1.165, 1.54) is 5.56 Å². The average Bonchev–Trinajstić information content (AvgIpc) is 2.47. The molecule has 1 rings (SSSR count). The molecule has 0 fully saturated rings. The van der Waals surface area contributed by atoms with Crippen LogP contribution in [0.4, 0.5) is 0 Å². The summed E-state index contributed by atoms with van der Waals surface area (Å²) < 4.78 is 0. The molecule has 0 aliphatic heterocycles. The second kappa shape index (κ2) is 9.11. The summed E-state index contributed by atoms with van der Waals surface area (Å²) in [5.74, 6) is 0. The summed E-state index contributed by atoms with van der Waals surface area (Å²) in [6.45, 7) is 8.50. The molecule has 1 aromatic rings. The predicted molar refractivity (Wildman–Crippen MR) is 85.7 cm³/mol. The Morgan fingerprint density at radius 2 is 1.95 bits per heavy atom. The summed E-state index contributed by atoms with van der Waals surface area (Å²) in [4.78, 5) is 2.35. The first-order valence-electron chi connectivity index (χ1n) is 7.64.